The number of aromatic nitrogens is 4. The first kappa shape index (κ1) is 17.8. The van der Waals surface area contributed by atoms with Gasteiger partial charge in [0.05, 0.1) is 11.3 Å². The molecule has 2 heterocycles. The molecule has 0 unspecified atom stereocenters. The predicted octanol–water partition coefficient (Wildman–Crippen LogP) is 1.70. The van der Waals surface area contributed by atoms with E-state index in [1.807, 2.05) is 41.3 Å². The van der Waals surface area contributed by atoms with Crippen molar-refractivity contribution in [1.82, 2.24) is 30.4 Å². The topological polar surface area (TPSA) is 93.0 Å². The monoisotopic (exact) mass is 376 g/mol. The first-order valence-corrected chi connectivity index (χ1v) is 9.20. The van der Waals surface area contributed by atoms with Gasteiger partial charge in [0.2, 0.25) is 0 Å². The molecule has 8 heteroatoms. The average molecular weight is 376 g/mol. The van der Waals surface area contributed by atoms with Gasteiger partial charge in [0.1, 0.15) is 6.33 Å². The van der Waals surface area contributed by atoms with Crippen LogP contribution in [0.15, 0.2) is 60.9 Å². The van der Waals surface area contributed by atoms with E-state index in [1.54, 1.807) is 18.2 Å². The molecule has 2 aromatic carbocycles. The highest BCUT2D eigenvalue weighted by Gasteiger charge is 2.26. The van der Waals surface area contributed by atoms with Gasteiger partial charge in [-0.3, -0.25) is 9.59 Å². The van der Waals surface area contributed by atoms with Crippen molar-refractivity contribution in [2.45, 2.75) is 18.9 Å². The summed E-state index contributed by atoms with van der Waals surface area (Å²) in [6.07, 6.45) is 2.91. The Balaban J connectivity index is 1.39. The van der Waals surface area contributed by atoms with Gasteiger partial charge in [-0.05, 0) is 47.5 Å². The van der Waals surface area contributed by atoms with E-state index < -0.39 is 0 Å². The fraction of sp³-hybridized carbons (Fsp3) is 0.250. The van der Waals surface area contributed by atoms with Crippen LogP contribution >= 0.6 is 0 Å². The van der Waals surface area contributed by atoms with Crippen LogP contribution in [0.5, 0.6) is 0 Å². The van der Waals surface area contributed by atoms with Crippen molar-refractivity contribution in [3.8, 4) is 5.69 Å². The number of hydrogen-bond acceptors (Lipinski definition) is 5. The Bertz CT molecular complexity index is 950. The fourth-order valence-corrected chi connectivity index (χ4v) is 3.38. The number of carbonyl (C=O) groups is 2. The van der Waals surface area contributed by atoms with Gasteiger partial charge in [0.15, 0.2) is 0 Å². The summed E-state index contributed by atoms with van der Waals surface area (Å²) in [4.78, 5) is 27.1. The number of likely N-dealkylation sites (tertiary alicyclic amines) is 1. The third kappa shape index (κ3) is 3.75. The highest BCUT2D eigenvalue weighted by Crippen LogP contribution is 2.19. The molecule has 4 rings (SSSR count). The summed E-state index contributed by atoms with van der Waals surface area (Å²) in [5.74, 6) is -0.131. The summed E-state index contributed by atoms with van der Waals surface area (Å²) in [6.45, 7) is 1.17. The molecule has 0 aliphatic carbocycles. The van der Waals surface area contributed by atoms with E-state index in [0.717, 1.165) is 12.8 Å². The van der Waals surface area contributed by atoms with E-state index in [9.17, 15) is 9.59 Å². The fourth-order valence-electron chi connectivity index (χ4n) is 3.38. The number of hydrogen-bond donors (Lipinski definition) is 1. The molecule has 0 atom stereocenters. The Morgan fingerprint density at radius 2 is 1.68 bits per heavy atom. The zero-order valence-electron chi connectivity index (χ0n) is 15.2. The second-order valence-corrected chi connectivity index (χ2v) is 6.68. The molecular formula is C20H20N6O2. The lowest BCUT2D eigenvalue weighted by Crippen LogP contribution is -2.46. The molecule has 3 aromatic rings. The van der Waals surface area contributed by atoms with Crippen molar-refractivity contribution >= 4 is 11.8 Å². The van der Waals surface area contributed by atoms with E-state index in [2.05, 4.69) is 20.8 Å². The number of carbonyl (C=O) groups excluding carboxylic acids is 2. The van der Waals surface area contributed by atoms with Gasteiger partial charge >= 0.3 is 0 Å². The van der Waals surface area contributed by atoms with E-state index in [-0.39, 0.29) is 17.9 Å². The van der Waals surface area contributed by atoms with Crippen LogP contribution in [0, 0.1) is 0 Å². The number of nitrogens with one attached hydrogen (secondary N) is 1. The maximum atomic E-state index is 13.0. The lowest BCUT2D eigenvalue weighted by molar-refractivity contribution is 0.0698. The minimum absolute atomic E-state index is 0.0565. The van der Waals surface area contributed by atoms with Crippen LogP contribution in [0.3, 0.4) is 0 Å². The second kappa shape index (κ2) is 7.99. The van der Waals surface area contributed by atoms with Crippen molar-refractivity contribution in [2.75, 3.05) is 13.1 Å². The summed E-state index contributed by atoms with van der Waals surface area (Å²) >= 11 is 0. The highest BCUT2D eigenvalue weighted by molar-refractivity contribution is 5.98. The Kier molecular flexibility index (Phi) is 5.09. The van der Waals surface area contributed by atoms with Gasteiger partial charge in [-0.25, -0.2) is 0 Å². The Hall–Kier alpha value is -3.55. The van der Waals surface area contributed by atoms with Gasteiger partial charge < -0.3 is 10.2 Å². The van der Waals surface area contributed by atoms with Crippen molar-refractivity contribution in [3.05, 3.63) is 72.1 Å². The quantitative estimate of drug-likeness (QED) is 0.748. The third-order valence-electron chi connectivity index (χ3n) is 4.88. The van der Waals surface area contributed by atoms with Crippen LogP contribution in [0.4, 0.5) is 0 Å². The van der Waals surface area contributed by atoms with Gasteiger partial charge in [-0.1, -0.05) is 30.3 Å². The highest BCUT2D eigenvalue weighted by atomic mass is 16.2. The van der Waals surface area contributed by atoms with Crippen LogP contribution < -0.4 is 5.32 Å². The zero-order chi connectivity index (χ0) is 19.3. The van der Waals surface area contributed by atoms with Crippen molar-refractivity contribution in [1.29, 1.82) is 0 Å². The molecule has 1 N–H and O–H groups in total. The molecule has 0 radical (unpaired) electrons. The Morgan fingerprint density at radius 1 is 0.964 bits per heavy atom. The molecule has 2 amide bonds. The van der Waals surface area contributed by atoms with Gasteiger partial charge in [-0.15, -0.1) is 5.10 Å². The second-order valence-electron chi connectivity index (χ2n) is 6.68. The Labute approximate surface area is 162 Å². The SMILES string of the molecule is O=C(NC1CCN(C(=O)c2ccccc2-n2cnnn2)CC1)c1ccccc1. The number of nitrogens with zero attached hydrogens (tertiary/aromatic N) is 5. The molecule has 1 aromatic heterocycles. The van der Waals surface area contributed by atoms with Gasteiger partial charge in [-0.2, -0.15) is 4.68 Å². The van der Waals surface area contributed by atoms with Crippen molar-refractivity contribution < 1.29 is 9.59 Å². The lowest BCUT2D eigenvalue weighted by Gasteiger charge is -2.32. The van der Waals surface area contributed by atoms with Crippen LogP contribution in [-0.4, -0.2) is 56.1 Å². The van der Waals surface area contributed by atoms with Crippen LogP contribution in [0.25, 0.3) is 5.69 Å². The van der Waals surface area contributed by atoms with E-state index in [4.69, 9.17) is 0 Å². The minimum atomic E-state index is -0.0746. The van der Waals surface area contributed by atoms with Crippen LogP contribution in [0.1, 0.15) is 33.6 Å². The largest absolute Gasteiger partial charge is 0.349 e. The maximum absolute atomic E-state index is 13.0. The molecule has 0 spiro atoms. The number of piperidine rings is 1. The summed E-state index contributed by atoms with van der Waals surface area (Å²) in [5.41, 5.74) is 1.86. The molecule has 1 aliphatic heterocycles. The Morgan fingerprint density at radius 3 is 2.39 bits per heavy atom. The van der Waals surface area contributed by atoms with Crippen molar-refractivity contribution in [3.63, 3.8) is 0 Å². The number of para-hydroxylation sites is 1. The standard InChI is InChI=1S/C20H20N6O2/c27-19(15-6-2-1-3-7-15)22-16-10-12-25(13-11-16)20(28)17-8-4-5-9-18(17)26-14-21-23-24-26/h1-9,14,16H,10-13H2,(H,22,27). The number of amides is 2. The third-order valence-corrected chi connectivity index (χ3v) is 4.88. The van der Waals surface area contributed by atoms with E-state index >= 15 is 0 Å². The maximum Gasteiger partial charge on any atom is 0.256 e. The first-order valence-electron chi connectivity index (χ1n) is 9.20. The molecule has 142 valence electrons. The molecule has 28 heavy (non-hydrogen) atoms. The van der Waals surface area contributed by atoms with E-state index in [1.165, 1.54) is 11.0 Å². The molecule has 0 bridgehead atoms. The van der Waals surface area contributed by atoms with Crippen LogP contribution in [-0.2, 0) is 0 Å². The molecular weight excluding hydrogens is 356 g/mol. The molecule has 1 saturated heterocycles. The normalized spacial score (nSPS) is 14.6. The summed E-state index contributed by atoms with van der Waals surface area (Å²) in [7, 11) is 0. The smallest absolute Gasteiger partial charge is 0.256 e. The zero-order valence-corrected chi connectivity index (χ0v) is 15.2. The number of benzene rings is 2. The average Bonchev–Trinajstić information content (AvgIpc) is 3.29. The van der Waals surface area contributed by atoms with Crippen molar-refractivity contribution in [2.24, 2.45) is 0 Å². The summed E-state index contributed by atoms with van der Waals surface area (Å²) in [5, 5.41) is 14.2. The first-order chi connectivity index (χ1) is 13.7. The number of tetrazole rings is 1. The van der Waals surface area contributed by atoms with Crippen LogP contribution in [0.2, 0.25) is 0 Å². The van der Waals surface area contributed by atoms with Gasteiger partial charge in [0, 0.05) is 24.7 Å². The summed E-state index contributed by atoms with van der Waals surface area (Å²) < 4.78 is 1.49. The molecule has 0 saturated carbocycles. The molecule has 1 fully saturated rings. The predicted molar refractivity (Wildman–Crippen MR) is 102 cm³/mol. The van der Waals surface area contributed by atoms with Gasteiger partial charge in [0.25, 0.3) is 11.8 Å². The molecule has 1 aliphatic rings. The lowest BCUT2D eigenvalue weighted by atomic mass is 10.0. The summed E-state index contributed by atoms with van der Waals surface area (Å²) in [6, 6.07) is 16.5. The van der Waals surface area contributed by atoms with E-state index in [0.29, 0.717) is 29.9 Å². The minimum Gasteiger partial charge on any atom is -0.349 e. The molecule has 8 nitrogen and oxygen atoms in total. The number of rotatable bonds is 4.